The van der Waals surface area contributed by atoms with E-state index in [1.165, 1.54) is 91.6 Å². The fourth-order valence-electron chi connectivity index (χ4n) is 3.33. The van der Waals surface area contributed by atoms with E-state index >= 15 is 0 Å². The van der Waals surface area contributed by atoms with Gasteiger partial charge in [-0.25, -0.2) is 0 Å². The maximum absolute atomic E-state index is 8.89. The fourth-order valence-corrected chi connectivity index (χ4v) is 3.33. The van der Waals surface area contributed by atoms with Crippen molar-refractivity contribution in [3.05, 3.63) is 0 Å². The molecule has 2 fully saturated rings. The molecule has 34 heavy (non-hydrogen) atoms. The molecule has 0 bridgehead atoms. The Bertz CT molecular complexity index is 390. The summed E-state index contributed by atoms with van der Waals surface area (Å²) in [6, 6.07) is 0. The molecule has 2 heterocycles. The van der Waals surface area contributed by atoms with Crippen molar-refractivity contribution in [2.24, 2.45) is 0 Å². The van der Waals surface area contributed by atoms with Gasteiger partial charge in [-0.2, -0.15) is 0 Å². The average Bonchev–Trinajstić information content (AvgIpc) is 2.76. The molecular formula is C20H43Cl2Mn2N6O4-4. The molecule has 0 spiro atoms. The van der Waals surface area contributed by atoms with Crippen LogP contribution in [0.25, 0.3) is 0 Å². The van der Waals surface area contributed by atoms with E-state index in [1.54, 1.807) is 0 Å². The summed E-state index contributed by atoms with van der Waals surface area (Å²) in [5.74, 6) is -1.08. The first kappa shape index (κ1) is 47.9. The van der Waals surface area contributed by atoms with Crippen LogP contribution >= 0.6 is 0 Å². The third-order valence-corrected chi connectivity index (χ3v) is 5.65. The molecule has 0 saturated carbocycles. The Hall–Kier alpha value is 0.769. The van der Waals surface area contributed by atoms with Gasteiger partial charge in [0.2, 0.25) is 0 Å². The molecule has 0 aromatic rings. The molecule has 0 N–H and O–H groups in total. The second-order valence-corrected chi connectivity index (χ2v) is 8.39. The number of carboxylic acids is 1. The molecule has 2 aliphatic rings. The third kappa shape index (κ3) is 25.8. The van der Waals surface area contributed by atoms with Crippen molar-refractivity contribution in [3.8, 4) is 0 Å². The van der Waals surface area contributed by atoms with E-state index in [1.807, 2.05) is 0 Å². The summed E-state index contributed by atoms with van der Waals surface area (Å²) in [6.07, 6.45) is 0. The Morgan fingerprint density at radius 2 is 0.735 bits per heavy atom. The van der Waals surface area contributed by atoms with Crippen LogP contribution in [0.1, 0.15) is 6.92 Å². The smallest absolute Gasteiger partial charge is 2.00 e. The van der Waals surface area contributed by atoms with Crippen molar-refractivity contribution >= 4 is 5.97 Å². The van der Waals surface area contributed by atoms with Gasteiger partial charge in [-0.15, -0.1) is 0 Å². The molecule has 0 amide bonds. The molecule has 2 rings (SSSR count). The van der Waals surface area contributed by atoms with Crippen molar-refractivity contribution in [1.82, 2.24) is 29.4 Å². The second kappa shape index (κ2) is 28.3. The van der Waals surface area contributed by atoms with Crippen LogP contribution in [-0.4, -0.2) is 155 Å². The minimum atomic E-state index is -1.08. The summed E-state index contributed by atoms with van der Waals surface area (Å²) in [4.78, 5) is 24.1. The SMILES string of the molecule is CC(=O)[O-].CN1CCN(C)CCN(CCN2CCN(C)CCN(C)CC2)CC1.[Cl-].[Cl-].[Mn+3].[Mn].[O-2].[O-2]. The van der Waals surface area contributed by atoms with E-state index in [0.29, 0.717) is 0 Å². The van der Waals surface area contributed by atoms with Crippen LogP contribution in [0.5, 0.6) is 0 Å². The first-order chi connectivity index (χ1) is 13.3. The van der Waals surface area contributed by atoms with Gasteiger partial charge in [-0.1, -0.05) is 0 Å². The van der Waals surface area contributed by atoms with Gasteiger partial charge in [0.25, 0.3) is 0 Å². The predicted octanol–water partition coefficient (Wildman–Crippen LogP) is -8.13. The zero-order valence-electron chi connectivity index (χ0n) is 21.2. The summed E-state index contributed by atoms with van der Waals surface area (Å²) in [5, 5.41) is 8.89. The van der Waals surface area contributed by atoms with E-state index in [4.69, 9.17) is 9.90 Å². The minimum Gasteiger partial charge on any atom is -2.00 e. The van der Waals surface area contributed by atoms with Crippen LogP contribution in [0.3, 0.4) is 0 Å². The number of carbonyl (C=O) groups excluding carboxylic acids is 1. The van der Waals surface area contributed by atoms with Crippen LogP contribution < -0.4 is 29.9 Å². The minimum absolute atomic E-state index is 0. The van der Waals surface area contributed by atoms with Crippen LogP contribution in [0.4, 0.5) is 0 Å². The first-order valence-electron chi connectivity index (χ1n) is 10.6. The topological polar surface area (TPSA) is 117 Å². The van der Waals surface area contributed by atoms with Crippen LogP contribution in [0, 0.1) is 0 Å². The number of carboxylic acid groups (broad SMARTS) is 1. The summed E-state index contributed by atoms with van der Waals surface area (Å²) >= 11 is 0. The number of carbonyl (C=O) groups is 1. The molecular weight excluding hydrogens is 569 g/mol. The van der Waals surface area contributed by atoms with Crippen molar-refractivity contribution in [3.63, 3.8) is 0 Å². The molecule has 0 unspecified atom stereocenters. The van der Waals surface area contributed by atoms with Gasteiger partial charge in [0.05, 0.1) is 0 Å². The van der Waals surface area contributed by atoms with Gasteiger partial charge in [0, 0.05) is 115 Å². The number of rotatable bonds is 3. The maximum atomic E-state index is 8.89. The molecule has 1 radical (unpaired) electrons. The number of halogens is 2. The quantitative estimate of drug-likeness (QED) is 0.289. The molecule has 0 aromatic heterocycles. The number of hydrogen-bond acceptors (Lipinski definition) is 8. The van der Waals surface area contributed by atoms with E-state index < -0.39 is 5.97 Å². The largest absolute Gasteiger partial charge is 3.00 e. The Morgan fingerprint density at radius 1 is 0.588 bits per heavy atom. The fraction of sp³-hybridized carbons (Fsp3) is 0.950. The van der Waals surface area contributed by atoms with Crippen molar-refractivity contribution in [1.29, 1.82) is 0 Å². The van der Waals surface area contributed by atoms with E-state index in [9.17, 15) is 0 Å². The number of nitrogens with zero attached hydrogens (tertiary/aromatic N) is 6. The van der Waals surface area contributed by atoms with Crippen molar-refractivity contribution < 1.29 is 79.8 Å². The zero-order valence-corrected chi connectivity index (χ0v) is 25.1. The number of aliphatic carboxylic acids is 1. The van der Waals surface area contributed by atoms with E-state index in [2.05, 4.69) is 57.6 Å². The normalized spacial score (nSPS) is 19.8. The Labute approximate surface area is 241 Å². The molecule has 2 aliphatic heterocycles. The summed E-state index contributed by atoms with van der Waals surface area (Å²) in [7, 11) is 9.02. The Kier molecular flexibility index (Phi) is 39.9. The predicted molar refractivity (Wildman–Crippen MR) is 115 cm³/mol. The van der Waals surface area contributed by atoms with Crippen LogP contribution in [0.15, 0.2) is 0 Å². The van der Waals surface area contributed by atoms with Crippen LogP contribution in [0.2, 0.25) is 0 Å². The van der Waals surface area contributed by atoms with Crippen molar-refractivity contribution in [2.45, 2.75) is 6.92 Å². The molecule has 10 nitrogen and oxygen atoms in total. The summed E-state index contributed by atoms with van der Waals surface area (Å²) < 4.78 is 0. The molecule has 2 saturated heterocycles. The van der Waals surface area contributed by atoms with Gasteiger partial charge < -0.3 is 65.3 Å². The number of hydrogen-bond donors (Lipinski definition) is 0. The van der Waals surface area contributed by atoms with Crippen LogP contribution in [-0.2, 0) is 49.9 Å². The first-order valence-corrected chi connectivity index (χ1v) is 10.6. The summed E-state index contributed by atoms with van der Waals surface area (Å²) in [5.41, 5.74) is 0. The van der Waals surface area contributed by atoms with Crippen molar-refractivity contribution in [2.75, 3.05) is 120 Å². The molecule has 209 valence electrons. The zero-order chi connectivity index (χ0) is 20.9. The van der Waals surface area contributed by atoms with Gasteiger partial charge >= 0.3 is 17.1 Å². The monoisotopic (exact) mass is 611 g/mol. The Balaban J connectivity index is -0.000000182. The van der Waals surface area contributed by atoms with Gasteiger partial charge in [-0.05, 0) is 35.1 Å². The van der Waals surface area contributed by atoms with Gasteiger partial charge in [0.1, 0.15) is 0 Å². The molecule has 14 heteroatoms. The second-order valence-electron chi connectivity index (χ2n) is 8.39. The van der Waals surface area contributed by atoms with Gasteiger partial charge in [-0.3, -0.25) is 9.80 Å². The van der Waals surface area contributed by atoms with E-state index in [-0.39, 0.29) is 69.9 Å². The molecule has 0 aliphatic carbocycles. The molecule has 0 atom stereocenters. The maximum Gasteiger partial charge on any atom is 3.00 e. The standard InChI is InChI=1S/C18H40N6.C2H4O2.2ClH.2Mn.2O/c1-19-5-6-20(2)10-14-23(13-9-19)17-18-24-15-11-21(3)7-8-22(4)12-16-24;1-2(3)4;;;;;;/h5-18H2,1-4H3;1H3,(H,3,4);2*1H;;;;/q;;;;;+3;2*-2/p-3. The molecule has 0 aromatic carbocycles. The Morgan fingerprint density at radius 3 is 0.912 bits per heavy atom. The average molecular weight is 612 g/mol. The third-order valence-electron chi connectivity index (χ3n) is 5.65. The van der Waals surface area contributed by atoms with Gasteiger partial charge in [0.15, 0.2) is 0 Å². The van der Waals surface area contributed by atoms with E-state index in [0.717, 1.165) is 6.92 Å². The summed E-state index contributed by atoms with van der Waals surface area (Å²) in [6.45, 7) is 17.7. The number of likely N-dealkylation sites (N-methyl/N-ethyl adjacent to an activating group) is 4.